The van der Waals surface area contributed by atoms with Gasteiger partial charge in [-0.1, -0.05) is 12.1 Å². The minimum atomic E-state index is -0.793. The second kappa shape index (κ2) is 12.7. The zero-order valence-corrected chi connectivity index (χ0v) is 23.2. The van der Waals surface area contributed by atoms with Gasteiger partial charge in [0.05, 0.1) is 34.0 Å². The molecule has 220 valence electrons. The molecular weight excluding hydrogens is 582 g/mol. The monoisotopic (exact) mass is 605 g/mol. The number of hydrogen-bond donors (Lipinski definition) is 1. The highest BCUT2D eigenvalue weighted by Gasteiger charge is 2.36. The molecule has 2 aliphatic heterocycles. The number of rotatable bonds is 9. The number of nitro benzene ring substituents is 2. The number of benzene rings is 3. The van der Waals surface area contributed by atoms with E-state index in [4.69, 9.17) is 9.47 Å². The first-order valence-corrected chi connectivity index (χ1v) is 13.7. The minimum absolute atomic E-state index is 0.0751. The lowest BCUT2D eigenvalue weighted by Gasteiger charge is -2.28. The van der Waals surface area contributed by atoms with Gasteiger partial charge in [0, 0.05) is 30.5 Å². The van der Waals surface area contributed by atoms with Gasteiger partial charge in [-0.05, 0) is 65.9 Å². The predicted octanol–water partition coefficient (Wildman–Crippen LogP) is 4.81. The lowest BCUT2D eigenvalue weighted by Crippen LogP contribution is -2.36. The van der Waals surface area contributed by atoms with Crippen LogP contribution in [0.3, 0.4) is 0 Å². The van der Waals surface area contributed by atoms with E-state index in [1.165, 1.54) is 18.2 Å². The van der Waals surface area contributed by atoms with Gasteiger partial charge in [0.15, 0.2) is 0 Å². The van der Waals surface area contributed by atoms with E-state index in [0.717, 1.165) is 41.9 Å². The largest absolute Gasteiger partial charge is 0.450 e. The number of carbonyl (C=O) groups excluding carboxylic acids is 3. The van der Waals surface area contributed by atoms with E-state index in [0.29, 0.717) is 36.2 Å². The van der Waals surface area contributed by atoms with E-state index >= 15 is 0 Å². The first kappa shape index (κ1) is 29.2. The van der Waals surface area contributed by atoms with Gasteiger partial charge in [-0.3, -0.25) is 39.5 Å². The van der Waals surface area contributed by atoms with E-state index in [1.807, 2.05) is 12.1 Å². The molecule has 0 saturated carbocycles. The molecule has 43 heavy (non-hydrogen) atoms. The predicted molar refractivity (Wildman–Crippen MR) is 157 cm³/mol. The maximum absolute atomic E-state index is 13.0. The number of ether oxygens (including phenoxy) is 2. The van der Waals surface area contributed by atoms with Crippen molar-refractivity contribution in [2.24, 2.45) is 0 Å². The highest BCUT2D eigenvalue weighted by molar-refractivity contribution is 8.18. The second-order valence-corrected chi connectivity index (χ2v) is 10.3. The van der Waals surface area contributed by atoms with E-state index in [2.05, 4.69) is 10.2 Å². The summed E-state index contributed by atoms with van der Waals surface area (Å²) in [5.74, 6) is -1.24. The fraction of sp³-hybridized carbons (Fsp3) is 0.179. The molecule has 14 nitrogen and oxygen atoms in total. The lowest BCUT2D eigenvalue weighted by molar-refractivity contribution is -0.394. The molecule has 5 rings (SSSR count). The number of hydrogen-bond acceptors (Lipinski definition) is 11. The van der Waals surface area contributed by atoms with Crippen LogP contribution in [0.25, 0.3) is 6.08 Å². The lowest BCUT2D eigenvalue weighted by atomic mass is 10.2. The molecule has 3 aromatic rings. The van der Waals surface area contributed by atoms with Gasteiger partial charge in [0.25, 0.3) is 16.8 Å². The Morgan fingerprint density at radius 1 is 1.00 bits per heavy atom. The van der Waals surface area contributed by atoms with Crippen molar-refractivity contribution in [3.63, 3.8) is 0 Å². The summed E-state index contributed by atoms with van der Waals surface area (Å²) in [6.45, 7) is 2.38. The van der Waals surface area contributed by atoms with Crippen molar-refractivity contribution in [2.45, 2.75) is 0 Å². The van der Waals surface area contributed by atoms with E-state index in [1.54, 1.807) is 24.3 Å². The van der Waals surface area contributed by atoms with Gasteiger partial charge < -0.3 is 19.7 Å². The van der Waals surface area contributed by atoms with Crippen molar-refractivity contribution in [1.82, 2.24) is 4.90 Å². The molecule has 2 heterocycles. The van der Waals surface area contributed by atoms with Crippen LogP contribution >= 0.6 is 11.8 Å². The van der Waals surface area contributed by atoms with E-state index in [9.17, 15) is 34.6 Å². The highest BCUT2D eigenvalue weighted by atomic mass is 32.2. The Hall–Kier alpha value is -5.28. The number of nitrogens with one attached hydrogen (secondary N) is 1. The molecule has 2 fully saturated rings. The van der Waals surface area contributed by atoms with E-state index < -0.39 is 44.8 Å². The van der Waals surface area contributed by atoms with Crippen molar-refractivity contribution in [2.75, 3.05) is 43.1 Å². The normalized spacial score (nSPS) is 16.0. The van der Waals surface area contributed by atoms with Crippen LogP contribution in [0, 0.1) is 20.2 Å². The summed E-state index contributed by atoms with van der Waals surface area (Å²) >= 11 is 0.672. The summed E-state index contributed by atoms with van der Waals surface area (Å²) in [6.07, 6.45) is 1.43. The average molecular weight is 606 g/mol. The third kappa shape index (κ3) is 6.97. The Morgan fingerprint density at radius 2 is 1.74 bits per heavy atom. The quantitative estimate of drug-likeness (QED) is 0.201. The number of carbonyl (C=O) groups is 3. The first-order valence-electron chi connectivity index (χ1n) is 12.9. The van der Waals surface area contributed by atoms with Gasteiger partial charge in [0.1, 0.15) is 12.3 Å². The zero-order valence-electron chi connectivity index (χ0n) is 22.3. The number of nitrogens with zero attached hydrogens (tertiary/aromatic N) is 4. The molecule has 3 amide bonds. The Kier molecular flexibility index (Phi) is 8.64. The number of thioether (sulfide) groups is 1. The molecule has 0 radical (unpaired) electrons. The topological polar surface area (TPSA) is 174 Å². The fourth-order valence-corrected chi connectivity index (χ4v) is 5.19. The SMILES string of the molecule is O=C(CN1C(=O)S/C(=C/c2cccc(Oc3ccc([N+](=O)[O-])cc3[N+](=O)[O-])c2)C1=O)Nc1ccc(N2CCOCC2)cc1. The summed E-state index contributed by atoms with van der Waals surface area (Å²) in [7, 11) is 0. The molecule has 0 unspecified atom stereocenters. The summed E-state index contributed by atoms with van der Waals surface area (Å²) < 4.78 is 11.0. The minimum Gasteiger partial charge on any atom is -0.450 e. The van der Waals surface area contributed by atoms with Crippen LogP contribution in [0.4, 0.5) is 27.5 Å². The molecule has 0 aromatic heterocycles. The van der Waals surface area contributed by atoms with Crippen LogP contribution in [0.5, 0.6) is 11.5 Å². The summed E-state index contributed by atoms with van der Waals surface area (Å²) in [4.78, 5) is 62.1. The standard InChI is InChI=1S/C28H23N5O9S/c34-26(29-19-4-6-20(7-5-19)30-10-12-41-13-11-30)17-31-27(35)25(43-28(31)36)15-18-2-1-3-22(14-18)42-24-9-8-21(32(37)38)16-23(24)33(39)40/h1-9,14-16H,10-13,17H2,(H,29,34)/b25-15+. The van der Waals surface area contributed by atoms with Gasteiger partial charge in [-0.15, -0.1) is 0 Å². The van der Waals surface area contributed by atoms with Crippen LogP contribution in [-0.4, -0.2) is 64.6 Å². The highest BCUT2D eigenvalue weighted by Crippen LogP contribution is 2.36. The van der Waals surface area contributed by atoms with Gasteiger partial charge in [0.2, 0.25) is 11.7 Å². The maximum atomic E-state index is 13.0. The zero-order chi connectivity index (χ0) is 30.5. The van der Waals surface area contributed by atoms with Gasteiger partial charge in [-0.25, -0.2) is 0 Å². The number of anilines is 2. The van der Waals surface area contributed by atoms with E-state index in [-0.39, 0.29) is 16.4 Å². The van der Waals surface area contributed by atoms with Gasteiger partial charge in [-0.2, -0.15) is 0 Å². The summed E-state index contributed by atoms with van der Waals surface area (Å²) in [5.41, 5.74) is 0.913. The molecule has 0 bridgehead atoms. The van der Waals surface area contributed by atoms with Crippen LogP contribution in [0.2, 0.25) is 0 Å². The van der Waals surface area contributed by atoms with Crippen LogP contribution < -0.4 is 15.0 Å². The van der Waals surface area contributed by atoms with Gasteiger partial charge >= 0.3 is 5.69 Å². The van der Waals surface area contributed by atoms with Crippen LogP contribution in [0.1, 0.15) is 5.56 Å². The fourth-order valence-electron chi connectivity index (χ4n) is 4.35. The van der Waals surface area contributed by atoms with Crippen LogP contribution in [0.15, 0.2) is 71.6 Å². The Labute approximate surface area is 248 Å². The number of morpholine rings is 1. The number of imide groups is 1. The second-order valence-electron chi connectivity index (χ2n) is 9.30. The molecule has 2 saturated heterocycles. The molecule has 3 aromatic carbocycles. The molecule has 15 heteroatoms. The third-order valence-corrected chi connectivity index (χ3v) is 7.34. The summed E-state index contributed by atoms with van der Waals surface area (Å²) in [6, 6.07) is 16.4. The Morgan fingerprint density at radius 3 is 2.44 bits per heavy atom. The first-order chi connectivity index (χ1) is 20.7. The molecule has 1 N–H and O–H groups in total. The average Bonchev–Trinajstić information content (AvgIpc) is 3.25. The van der Waals surface area contributed by atoms with Crippen molar-refractivity contribution >= 4 is 57.6 Å². The molecule has 0 spiro atoms. The third-order valence-electron chi connectivity index (χ3n) is 6.44. The molecule has 0 atom stereocenters. The summed E-state index contributed by atoms with van der Waals surface area (Å²) in [5, 5.41) is 24.5. The van der Waals surface area contributed by atoms with Crippen molar-refractivity contribution in [1.29, 1.82) is 0 Å². The Bertz CT molecular complexity index is 1640. The smallest absolute Gasteiger partial charge is 0.318 e. The van der Waals surface area contributed by atoms with Crippen molar-refractivity contribution in [3.8, 4) is 11.5 Å². The molecular formula is C28H23N5O9S. The van der Waals surface area contributed by atoms with Crippen molar-refractivity contribution in [3.05, 3.63) is 97.4 Å². The maximum Gasteiger partial charge on any atom is 0.318 e. The number of nitro groups is 2. The number of amides is 3. The number of non-ortho nitro benzene ring substituents is 1. The van der Waals surface area contributed by atoms with Crippen molar-refractivity contribution < 1.29 is 33.7 Å². The Balaban J connectivity index is 1.23. The van der Waals surface area contributed by atoms with Crippen LogP contribution in [-0.2, 0) is 14.3 Å². The molecule has 2 aliphatic rings. The molecule has 0 aliphatic carbocycles.